The highest BCUT2D eigenvalue weighted by molar-refractivity contribution is 6.08. The molecule has 0 unspecified atom stereocenters. The molecule has 1 aromatic carbocycles. The molecule has 2 radical (unpaired) electrons. The number of hydrogen-bond donors (Lipinski definition) is 0. The van der Waals surface area contributed by atoms with Gasteiger partial charge in [0.2, 0.25) is 0 Å². The van der Waals surface area contributed by atoms with Gasteiger partial charge < -0.3 is 11.0 Å². The molecule has 4 N–H and O–H groups in total. The predicted molar refractivity (Wildman–Crippen MR) is 47.9 cm³/mol. The van der Waals surface area contributed by atoms with Crippen molar-refractivity contribution in [2.24, 2.45) is 0 Å². The summed E-state index contributed by atoms with van der Waals surface area (Å²) >= 11 is 2.73. The summed E-state index contributed by atoms with van der Waals surface area (Å²) in [7, 11) is 0. The van der Waals surface area contributed by atoms with Gasteiger partial charge in [0.1, 0.15) is 16.3 Å². The number of rotatable bonds is 2. The van der Waals surface area contributed by atoms with Gasteiger partial charge in [0.15, 0.2) is 0 Å². The van der Waals surface area contributed by atoms with Crippen LogP contribution in [0.4, 0.5) is 0 Å². The van der Waals surface area contributed by atoms with Crippen LogP contribution in [0, 0.1) is 0 Å². The Morgan fingerprint density at radius 3 is 2.00 bits per heavy atom. The van der Waals surface area contributed by atoms with E-state index in [1.54, 1.807) is 0 Å². The van der Waals surface area contributed by atoms with Crippen molar-refractivity contribution < 1.29 is 11.0 Å². The van der Waals surface area contributed by atoms with E-state index in [1.807, 2.05) is 6.07 Å². The molecule has 11 heavy (non-hydrogen) atoms. The van der Waals surface area contributed by atoms with Crippen LogP contribution in [0.2, 0.25) is 5.28 Å². The summed E-state index contributed by atoms with van der Waals surface area (Å²) in [5.41, 5.74) is 1.42. The van der Waals surface area contributed by atoms with Crippen LogP contribution in [0.3, 0.4) is 0 Å². The third-order valence-corrected chi connectivity index (χ3v) is 1.56. The average Bonchev–Trinajstić information content (AvgIpc) is 1.91. The van der Waals surface area contributed by atoms with Gasteiger partial charge in [-0.05, 0) is 12.0 Å². The Bertz CT molecular complexity index is 165. The third-order valence-electron chi connectivity index (χ3n) is 1.28. The zero-order valence-electron chi connectivity index (χ0n) is 6.38. The second-order valence-electron chi connectivity index (χ2n) is 2.02. The largest absolute Gasteiger partial charge is 0.412 e. The molecule has 1 rings (SSSR count). The lowest BCUT2D eigenvalue weighted by Crippen LogP contribution is -1.80. The molecule has 3 heteroatoms. The van der Waals surface area contributed by atoms with E-state index in [-0.39, 0.29) is 11.0 Å². The molecule has 60 valence electrons. The van der Waals surface area contributed by atoms with Crippen LogP contribution in [0.25, 0.3) is 0 Å². The van der Waals surface area contributed by atoms with Crippen molar-refractivity contribution in [3.05, 3.63) is 35.9 Å². The molecule has 2 nitrogen and oxygen atoms in total. The predicted octanol–water partition coefficient (Wildman–Crippen LogP) is 0.166. The monoisotopic (exact) mass is 168 g/mol. The molecule has 0 saturated heterocycles. The lowest BCUT2D eigenvalue weighted by Gasteiger charge is -1.94. The Kier molecular flexibility index (Phi) is 9.38. The Balaban J connectivity index is 0. The van der Waals surface area contributed by atoms with Gasteiger partial charge in [-0.3, -0.25) is 0 Å². The van der Waals surface area contributed by atoms with Crippen LogP contribution in [0.1, 0.15) is 5.56 Å². The van der Waals surface area contributed by atoms with E-state index in [1.165, 1.54) is 12.0 Å². The average molecular weight is 168 g/mol. The first-order valence-electron chi connectivity index (χ1n) is 3.17. The number of benzene rings is 1. The Morgan fingerprint density at radius 2 is 1.55 bits per heavy atom. The quantitative estimate of drug-likeness (QED) is 0.565. The molecule has 0 atom stereocenters. The highest BCUT2D eigenvalue weighted by Crippen LogP contribution is 1.99. The Labute approximate surface area is 75.3 Å². The minimum Gasteiger partial charge on any atom is -0.412 e. The fraction of sp³-hybridized carbons (Fsp3) is 0.250. The highest BCUT2D eigenvalue weighted by Gasteiger charge is 1.84. The summed E-state index contributed by atoms with van der Waals surface area (Å²) in [5, 5.41) is 1.16. The molecule has 0 heterocycles. The van der Waals surface area contributed by atoms with E-state index in [2.05, 4.69) is 40.6 Å². The van der Waals surface area contributed by atoms with Crippen LogP contribution in [-0.4, -0.2) is 27.2 Å². The van der Waals surface area contributed by atoms with E-state index in [9.17, 15) is 0 Å². The maximum absolute atomic E-state index is 2.73. The van der Waals surface area contributed by atoms with Gasteiger partial charge in [0, 0.05) is 0 Å². The fourth-order valence-corrected chi connectivity index (χ4v) is 1.14. The minimum absolute atomic E-state index is 0. The first-order valence-corrected chi connectivity index (χ1v) is 3.99. The van der Waals surface area contributed by atoms with Crippen LogP contribution < -0.4 is 0 Å². The van der Waals surface area contributed by atoms with Crippen molar-refractivity contribution in [2.75, 3.05) is 0 Å². The number of hydrogen-bond acceptors (Lipinski definition) is 0. The zero-order chi connectivity index (χ0) is 6.53. The first-order chi connectivity index (χ1) is 4.43. The van der Waals surface area contributed by atoms with E-state index < -0.39 is 0 Å². The lowest BCUT2D eigenvalue weighted by atomic mass is 10.2. The van der Waals surface area contributed by atoms with Gasteiger partial charge in [-0.25, -0.2) is 0 Å². The van der Waals surface area contributed by atoms with Crippen molar-refractivity contribution in [1.29, 1.82) is 0 Å². The first kappa shape index (κ1) is 13.3. The SMILES string of the molecule is O.O.[Al][CH2]Cc1ccccc1. The minimum atomic E-state index is 0. The summed E-state index contributed by atoms with van der Waals surface area (Å²) in [5.74, 6) is 0. The molecule has 1 aromatic rings. The van der Waals surface area contributed by atoms with Gasteiger partial charge in [0.25, 0.3) is 0 Å². The molecule has 0 fully saturated rings. The fourth-order valence-electron chi connectivity index (χ4n) is 0.811. The summed E-state index contributed by atoms with van der Waals surface area (Å²) in [6.07, 6.45) is 1.17. The van der Waals surface area contributed by atoms with Crippen molar-refractivity contribution in [2.45, 2.75) is 11.7 Å². The van der Waals surface area contributed by atoms with Crippen LogP contribution in [0.15, 0.2) is 30.3 Å². The molecule has 0 bridgehead atoms. The molecule has 0 amide bonds. The van der Waals surface area contributed by atoms with E-state index in [0.29, 0.717) is 0 Å². The molecule has 0 aliphatic rings. The maximum Gasteiger partial charge on any atom is 0.118 e. The van der Waals surface area contributed by atoms with Gasteiger partial charge in [-0.15, -0.1) is 5.28 Å². The third kappa shape index (κ3) is 5.00. The molecule has 0 aliphatic heterocycles. The van der Waals surface area contributed by atoms with Gasteiger partial charge in [-0.1, -0.05) is 30.3 Å². The van der Waals surface area contributed by atoms with Gasteiger partial charge in [-0.2, -0.15) is 0 Å². The summed E-state index contributed by atoms with van der Waals surface area (Å²) in [6.45, 7) is 0. The lowest BCUT2D eigenvalue weighted by molar-refractivity contribution is 0.823. The van der Waals surface area contributed by atoms with Crippen LogP contribution >= 0.6 is 0 Å². The Morgan fingerprint density at radius 1 is 1.00 bits per heavy atom. The molecular weight excluding hydrogens is 155 g/mol. The van der Waals surface area contributed by atoms with Crippen molar-refractivity contribution in [1.82, 2.24) is 0 Å². The normalized spacial score (nSPS) is 7.64. The van der Waals surface area contributed by atoms with Crippen LogP contribution in [-0.2, 0) is 6.42 Å². The van der Waals surface area contributed by atoms with E-state index in [4.69, 9.17) is 0 Å². The summed E-state index contributed by atoms with van der Waals surface area (Å²) in [4.78, 5) is 0. The smallest absolute Gasteiger partial charge is 0.118 e. The molecular formula is C8H13AlO2. The summed E-state index contributed by atoms with van der Waals surface area (Å²) < 4.78 is 0. The van der Waals surface area contributed by atoms with Crippen molar-refractivity contribution >= 4 is 16.3 Å². The number of aryl methyl sites for hydroxylation is 1. The molecule has 0 aromatic heterocycles. The van der Waals surface area contributed by atoms with E-state index >= 15 is 0 Å². The summed E-state index contributed by atoms with van der Waals surface area (Å²) in [6, 6.07) is 10.5. The second kappa shape index (κ2) is 7.78. The zero-order valence-corrected chi connectivity index (χ0v) is 7.53. The Hall–Kier alpha value is -0.328. The van der Waals surface area contributed by atoms with Crippen molar-refractivity contribution in [3.63, 3.8) is 0 Å². The second-order valence-corrected chi connectivity index (χ2v) is 2.60. The van der Waals surface area contributed by atoms with Gasteiger partial charge in [0.05, 0.1) is 0 Å². The van der Waals surface area contributed by atoms with Crippen molar-refractivity contribution in [3.8, 4) is 0 Å². The topological polar surface area (TPSA) is 63.0 Å². The van der Waals surface area contributed by atoms with Gasteiger partial charge >= 0.3 is 0 Å². The molecule has 0 saturated carbocycles. The maximum atomic E-state index is 2.73. The standard InChI is InChI=1S/C8H9.Al.2H2O/c1-2-8-6-4-3-5-7-8;;;/h3-7H,1-2H2;;2*1H2. The van der Waals surface area contributed by atoms with Crippen LogP contribution in [0.5, 0.6) is 0 Å². The highest BCUT2D eigenvalue weighted by atomic mass is 27.0. The molecule has 0 spiro atoms. The van der Waals surface area contributed by atoms with E-state index in [0.717, 1.165) is 5.28 Å². The molecule has 0 aliphatic carbocycles.